The average Bonchev–Trinajstić information content (AvgIpc) is 2.36. The fraction of sp³-hybridized carbons (Fsp3) is 0.500. The molecule has 0 unspecified atom stereocenters. The lowest BCUT2D eigenvalue weighted by Crippen LogP contribution is -2.62. The Morgan fingerprint density at radius 2 is 1.41 bits per heavy atom. The maximum atomic E-state index is 5.53. The molecule has 0 amide bonds. The van der Waals surface area contributed by atoms with Crippen molar-refractivity contribution < 1.29 is 13.3 Å². The Bertz CT molecular complexity index is 320. The lowest BCUT2D eigenvalue weighted by molar-refractivity contribution is 0.118. The Morgan fingerprint density at radius 3 is 1.76 bits per heavy atom. The van der Waals surface area contributed by atoms with Crippen molar-refractivity contribution in [3.8, 4) is 0 Å². The summed E-state index contributed by atoms with van der Waals surface area (Å²) in [6.45, 7) is 4.18. The molecule has 0 aliphatic carbocycles. The zero-order valence-corrected chi connectivity index (χ0v) is 12.1. The second-order valence-electron chi connectivity index (χ2n) is 3.94. The van der Waals surface area contributed by atoms with Crippen LogP contribution >= 0.6 is 0 Å². The number of nitrogens with zero attached hydrogens (tertiary/aromatic N) is 1. The average molecular weight is 255 g/mol. The lowest BCUT2D eigenvalue weighted by Gasteiger charge is -2.39. The van der Waals surface area contributed by atoms with Gasteiger partial charge < -0.3 is 17.8 Å². The third-order valence-corrected chi connectivity index (χ3v) is 5.53. The SMILES string of the molecule is CO[Si](OC)(OC)N(c1ccccc1)C(C)C. The first-order valence-electron chi connectivity index (χ1n) is 5.61. The molecule has 0 atom stereocenters. The van der Waals surface area contributed by atoms with Crippen molar-refractivity contribution in [3.05, 3.63) is 30.3 Å². The van der Waals surface area contributed by atoms with Crippen LogP contribution in [0.15, 0.2) is 30.3 Å². The molecule has 1 aromatic rings. The van der Waals surface area contributed by atoms with Crippen LogP contribution in [0.5, 0.6) is 0 Å². The molecule has 96 valence electrons. The first-order chi connectivity index (χ1) is 8.11. The highest BCUT2D eigenvalue weighted by atomic mass is 28.4. The summed E-state index contributed by atoms with van der Waals surface area (Å²) in [5.74, 6) is 0. The summed E-state index contributed by atoms with van der Waals surface area (Å²) in [5.41, 5.74) is 1.04. The number of hydrogen-bond acceptors (Lipinski definition) is 4. The van der Waals surface area contributed by atoms with Crippen molar-refractivity contribution >= 4 is 14.7 Å². The Balaban J connectivity index is 3.17. The molecule has 5 heteroatoms. The first kappa shape index (κ1) is 14.2. The highest BCUT2D eigenvalue weighted by Crippen LogP contribution is 2.25. The van der Waals surface area contributed by atoms with Crippen LogP contribution in [-0.4, -0.2) is 36.3 Å². The van der Waals surface area contributed by atoms with E-state index in [1.54, 1.807) is 21.3 Å². The highest BCUT2D eigenvalue weighted by molar-refractivity contribution is 6.65. The molecule has 0 saturated carbocycles. The molecular weight excluding hydrogens is 234 g/mol. The van der Waals surface area contributed by atoms with Crippen molar-refractivity contribution in [1.82, 2.24) is 0 Å². The zero-order valence-electron chi connectivity index (χ0n) is 11.1. The fourth-order valence-corrected chi connectivity index (χ4v) is 4.09. The normalized spacial score (nSPS) is 11.9. The van der Waals surface area contributed by atoms with E-state index in [4.69, 9.17) is 13.3 Å². The molecule has 0 spiro atoms. The standard InChI is InChI=1S/C12H21NO3Si/c1-11(2)13(12-9-7-6-8-10-12)17(14-3,15-4)16-5/h6-11H,1-5H3. The summed E-state index contributed by atoms with van der Waals surface area (Å²) in [6.07, 6.45) is 0. The molecule has 0 aromatic heterocycles. The van der Waals surface area contributed by atoms with Crippen molar-refractivity contribution in [2.45, 2.75) is 19.9 Å². The van der Waals surface area contributed by atoms with Crippen LogP contribution in [0.4, 0.5) is 5.69 Å². The molecule has 1 rings (SSSR count). The Morgan fingerprint density at radius 1 is 0.941 bits per heavy atom. The molecule has 0 bridgehead atoms. The highest BCUT2D eigenvalue weighted by Gasteiger charge is 2.48. The summed E-state index contributed by atoms with van der Waals surface area (Å²) in [6, 6.07) is 10.2. The van der Waals surface area contributed by atoms with Gasteiger partial charge in [-0.15, -0.1) is 0 Å². The number of hydrogen-bond donors (Lipinski definition) is 0. The van der Waals surface area contributed by atoms with E-state index in [1.807, 2.05) is 30.3 Å². The molecule has 17 heavy (non-hydrogen) atoms. The predicted molar refractivity (Wildman–Crippen MR) is 70.8 cm³/mol. The zero-order chi connectivity index (χ0) is 12.9. The smallest absolute Gasteiger partial charge is 0.360 e. The number of rotatable bonds is 6. The predicted octanol–water partition coefficient (Wildman–Crippen LogP) is 2.28. The molecular formula is C12H21NO3Si. The molecule has 0 heterocycles. The maximum Gasteiger partial charge on any atom is 0.633 e. The van der Waals surface area contributed by atoms with Crippen molar-refractivity contribution in [3.63, 3.8) is 0 Å². The molecule has 0 radical (unpaired) electrons. The van der Waals surface area contributed by atoms with Crippen LogP contribution in [0.1, 0.15) is 13.8 Å². The van der Waals surface area contributed by atoms with Crippen molar-refractivity contribution in [2.75, 3.05) is 25.9 Å². The van der Waals surface area contributed by atoms with Crippen LogP contribution < -0.4 is 4.57 Å². The summed E-state index contributed by atoms with van der Waals surface area (Å²) in [4.78, 5) is 0. The van der Waals surface area contributed by atoms with E-state index >= 15 is 0 Å². The van der Waals surface area contributed by atoms with E-state index in [0.29, 0.717) is 0 Å². The molecule has 1 aromatic carbocycles. The maximum absolute atomic E-state index is 5.53. The third kappa shape index (κ3) is 2.87. The molecule has 0 N–H and O–H groups in total. The van der Waals surface area contributed by atoms with Gasteiger partial charge in [-0.2, -0.15) is 0 Å². The number of para-hydroxylation sites is 1. The summed E-state index contributed by atoms with van der Waals surface area (Å²) in [7, 11) is 2.05. The molecule has 0 fully saturated rings. The van der Waals surface area contributed by atoms with E-state index < -0.39 is 8.97 Å². The minimum absolute atomic E-state index is 0.226. The van der Waals surface area contributed by atoms with Crippen LogP contribution in [0, 0.1) is 0 Å². The molecule has 0 aliphatic rings. The van der Waals surface area contributed by atoms with E-state index in [0.717, 1.165) is 5.69 Å². The van der Waals surface area contributed by atoms with Gasteiger partial charge in [-0.25, -0.2) is 0 Å². The van der Waals surface area contributed by atoms with Gasteiger partial charge in [-0.1, -0.05) is 18.2 Å². The Kier molecular flexibility index (Phi) is 5.14. The van der Waals surface area contributed by atoms with Crippen LogP contribution in [-0.2, 0) is 13.3 Å². The number of benzene rings is 1. The van der Waals surface area contributed by atoms with E-state index in [2.05, 4.69) is 18.4 Å². The minimum atomic E-state index is -2.82. The third-order valence-electron chi connectivity index (χ3n) is 2.62. The minimum Gasteiger partial charge on any atom is -0.360 e. The fourth-order valence-electron chi connectivity index (χ4n) is 1.91. The molecule has 0 saturated heterocycles. The summed E-state index contributed by atoms with van der Waals surface area (Å²) in [5, 5.41) is 0. The van der Waals surface area contributed by atoms with Crippen molar-refractivity contribution in [1.29, 1.82) is 0 Å². The number of anilines is 1. The van der Waals surface area contributed by atoms with E-state index in [9.17, 15) is 0 Å². The van der Waals surface area contributed by atoms with Crippen LogP contribution in [0.3, 0.4) is 0 Å². The second kappa shape index (κ2) is 6.16. The van der Waals surface area contributed by atoms with Gasteiger partial charge in [0.2, 0.25) is 0 Å². The van der Waals surface area contributed by atoms with Gasteiger partial charge in [0.25, 0.3) is 0 Å². The van der Waals surface area contributed by atoms with Gasteiger partial charge in [0.05, 0.1) is 0 Å². The van der Waals surface area contributed by atoms with Gasteiger partial charge in [0.1, 0.15) is 0 Å². The summed E-state index contributed by atoms with van der Waals surface area (Å²) < 4.78 is 18.7. The van der Waals surface area contributed by atoms with Gasteiger partial charge in [-0.05, 0) is 26.0 Å². The van der Waals surface area contributed by atoms with E-state index in [-0.39, 0.29) is 6.04 Å². The second-order valence-corrected chi connectivity index (χ2v) is 6.69. The van der Waals surface area contributed by atoms with Gasteiger partial charge in [0, 0.05) is 33.1 Å². The summed E-state index contributed by atoms with van der Waals surface area (Å²) >= 11 is 0. The van der Waals surface area contributed by atoms with Crippen LogP contribution in [0.25, 0.3) is 0 Å². The monoisotopic (exact) mass is 255 g/mol. The topological polar surface area (TPSA) is 30.9 Å². The molecule has 0 aliphatic heterocycles. The first-order valence-corrected chi connectivity index (χ1v) is 7.28. The molecule has 4 nitrogen and oxygen atoms in total. The Labute approximate surface area is 105 Å². The largest absolute Gasteiger partial charge is 0.633 e. The van der Waals surface area contributed by atoms with Gasteiger partial charge in [-0.3, -0.25) is 0 Å². The Hall–Kier alpha value is -0.883. The van der Waals surface area contributed by atoms with E-state index in [1.165, 1.54) is 0 Å². The van der Waals surface area contributed by atoms with Gasteiger partial charge in [0.15, 0.2) is 0 Å². The van der Waals surface area contributed by atoms with Crippen molar-refractivity contribution in [2.24, 2.45) is 0 Å². The quantitative estimate of drug-likeness (QED) is 0.730. The van der Waals surface area contributed by atoms with Crippen LogP contribution in [0.2, 0.25) is 0 Å². The lowest BCUT2D eigenvalue weighted by atomic mass is 10.3. The van der Waals surface area contributed by atoms with Gasteiger partial charge >= 0.3 is 8.97 Å².